The van der Waals surface area contributed by atoms with E-state index < -0.39 is 4.92 Å². The average molecular weight is 348 g/mol. The van der Waals surface area contributed by atoms with Crippen LogP contribution in [0.4, 0.5) is 11.4 Å². The molecule has 0 bridgehead atoms. The Morgan fingerprint density at radius 2 is 2.12 bits per heavy atom. The maximum absolute atomic E-state index is 12.0. The Morgan fingerprint density at radius 1 is 1.40 bits per heavy atom. The summed E-state index contributed by atoms with van der Waals surface area (Å²) in [7, 11) is 0. The van der Waals surface area contributed by atoms with Crippen LogP contribution in [-0.4, -0.2) is 46.8 Å². The second kappa shape index (κ2) is 7.96. The van der Waals surface area contributed by atoms with Crippen LogP contribution in [0.3, 0.4) is 0 Å². The molecule has 1 aliphatic heterocycles. The molecule has 1 unspecified atom stereocenters. The van der Waals surface area contributed by atoms with Gasteiger partial charge in [-0.05, 0) is 32.4 Å². The van der Waals surface area contributed by atoms with Crippen molar-refractivity contribution >= 4 is 23.2 Å². The number of nitrogens with one attached hydrogen (secondary N) is 2. The van der Waals surface area contributed by atoms with E-state index in [1.807, 2.05) is 20.8 Å². The van der Waals surface area contributed by atoms with Gasteiger partial charge in [0.25, 0.3) is 11.6 Å². The van der Waals surface area contributed by atoms with E-state index in [0.29, 0.717) is 25.2 Å². The molecule has 8 nitrogen and oxygen atoms in total. The summed E-state index contributed by atoms with van der Waals surface area (Å²) >= 11 is 0. The van der Waals surface area contributed by atoms with Gasteiger partial charge < -0.3 is 15.5 Å². The number of carbonyl (C=O) groups is 2. The lowest BCUT2D eigenvalue weighted by atomic mass is 10.1. The molecule has 1 aliphatic rings. The number of hydrogen-bond acceptors (Lipinski definition) is 5. The summed E-state index contributed by atoms with van der Waals surface area (Å²) in [6.07, 6.45) is 1.19. The molecule has 0 aromatic heterocycles. The highest BCUT2D eigenvalue weighted by atomic mass is 16.6. The molecule has 25 heavy (non-hydrogen) atoms. The SMILES string of the molecule is CCC(=O)N1CCC(Nc2ccc(C(=O)NC(C)C)cc2[N+](=O)[O-])C1. The highest BCUT2D eigenvalue weighted by Gasteiger charge is 2.27. The van der Waals surface area contributed by atoms with Crippen LogP contribution in [0.1, 0.15) is 44.0 Å². The van der Waals surface area contributed by atoms with Crippen LogP contribution < -0.4 is 10.6 Å². The molecule has 8 heteroatoms. The first-order valence-electron chi connectivity index (χ1n) is 8.45. The van der Waals surface area contributed by atoms with E-state index in [1.54, 1.807) is 17.0 Å². The summed E-state index contributed by atoms with van der Waals surface area (Å²) in [6, 6.07) is 4.31. The molecule has 1 fully saturated rings. The van der Waals surface area contributed by atoms with Crippen LogP contribution in [0, 0.1) is 10.1 Å². The molecule has 1 aromatic carbocycles. The third-order valence-electron chi connectivity index (χ3n) is 4.08. The van der Waals surface area contributed by atoms with E-state index in [0.717, 1.165) is 6.42 Å². The van der Waals surface area contributed by atoms with Crippen LogP contribution in [0.5, 0.6) is 0 Å². The van der Waals surface area contributed by atoms with Crippen molar-refractivity contribution in [1.82, 2.24) is 10.2 Å². The Labute approximate surface area is 146 Å². The molecule has 1 aromatic rings. The molecular formula is C17H24N4O4. The zero-order valence-electron chi connectivity index (χ0n) is 14.7. The largest absolute Gasteiger partial charge is 0.375 e. The van der Waals surface area contributed by atoms with Gasteiger partial charge in [0.05, 0.1) is 4.92 Å². The van der Waals surface area contributed by atoms with Crippen molar-refractivity contribution in [2.75, 3.05) is 18.4 Å². The number of anilines is 1. The van der Waals surface area contributed by atoms with Gasteiger partial charge >= 0.3 is 0 Å². The molecular weight excluding hydrogens is 324 g/mol. The van der Waals surface area contributed by atoms with Crippen molar-refractivity contribution in [2.24, 2.45) is 0 Å². The number of hydrogen-bond donors (Lipinski definition) is 2. The first-order valence-corrected chi connectivity index (χ1v) is 8.45. The zero-order valence-corrected chi connectivity index (χ0v) is 14.7. The lowest BCUT2D eigenvalue weighted by molar-refractivity contribution is -0.384. The number of nitro groups is 1. The minimum absolute atomic E-state index is 0.0375. The fourth-order valence-electron chi connectivity index (χ4n) is 2.84. The van der Waals surface area contributed by atoms with Gasteiger partial charge in [-0.1, -0.05) is 6.92 Å². The van der Waals surface area contributed by atoms with Gasteiger partial charge in [0.1, 0.15) is 5.69 Å². The Hall–Kier alpha value is -2.64. The minimum Gasteiger partial charge on any atom is -0.375 e. The molecule has 2 rings (SSSR count). The summed E-state index contributed by atoms with van der Waals surface area (Å²) in [5.41, 5.74) is 0.471. The first-order chi connectivity index (χ1) is 11.8. The quantitative estimate of drug-likeness (QED) is 0.605. The zero-order chi connectivity index (χ0) is 18.6. The molecule has 0 saturated carbocycles. The highest BCUT2D eigenvalue weighted by Crippen LogP contribution is 2.28. The summed E-state index contributed by atoms with van der Waals surface area (Å²) in [6.45, 7) is 6.64. The molecule has 1 saturated heterocycles. The number of amides is 2. The summed E-state index contributed by atoms with van der Waals surface area (Å²) in [5, 5.41) is 17.2. The van der Waals surface area contributed by atoms with Gasteiger partial charge in [-0.3, -0.25) is 19.7 Å². The van der Waals surface area contributed by atoms with Crippen molar-refractivity contribution in [3.8, 4) is 0 Å². The monoisotopic (exact) mass is 348 g/mol. The fourth-order valence-corrected chi connectivity index (χ4v) is 2.84. The second-order valence-electron chi connectivity index (χ2n) is 6.44. The van der Waals surface area contributed by atoms with E-state index in [1.165, 1.54) is 6.07 Å². The third-order valence-corrected chi connectivity index (χ3v) is 4.08. The summed E-state index contributed by atoms with van der Waals surface area (Å²) in [5.74, 6) is -0.260. The number of nitrogens with zero attached hydrogens (tertiary/aromatic N) is 2. The maximum atomic E-state index is 12.0. The smallest absolute Gasteiger partial charge is 0.293 e. The predicted molar refractivity (Wildman–Crippen MR) is 94.6 cm³/mol. The number of benzene rings is 1. The van der Waals surface area contributed by atoms with Crippen LogP contribution in [-0.2, 0) is 4.79 Å². The Morgan fingerprint density at radius 3 is 2.72 bits per heavy atom. The molecule has 1 atom stereocenters. The number of rotatable bonds is 6. The van der Waals surface area contributed by atoms with Gasteiger partial charge in [0.2, 0.25) is 5.91 Å². The van der Waals surface area contributed by atoms with Crippen LogP contribution in [0.15, 0.2) is 18.2 Å². The molecule has 136 valence electrons. The molecule has 2 N–H and O–H groups in total. The molecule has 0 aliphatic carbocycles. The van der Waals surface area contributed by atoms with Gasteiger partial charge in [-0.25, -0.2) is 0 Å². The Bertz CT molecular complexity index is 675. The van der Waals surface area contributed by atoms with Crippen molar-refractivity contribution in [1.29, 1.82) is 0 Å². The Balaban J connectivity index is 2.14. The maximum Gasteiger partial charge on any atom is 0.293 e. The van der Waals surface area contributed by atoms with Crippen molar-refractivity contribution < 1.29 is 14.5 Å². The first kappa shape index (κ1) is 18.7. The van der Waals surface area contributed by atoms with E-state index in [-0.39, 0.29) is 35.1 Å². The van der Waals surface area contributed by atoms with E-state index in [9.17, 15) is 19.7 Å². The molecule has 2 amide bonds. The van der Waals surface area contributed by atoms with E-state index in [2.05, 4.69) is 10.6 Å². The fraction of sp³-hybridized carbons (Fsp3) is 0.529. The van der Waals surface area contributed by atoms with Gasteiger partial charge in [0, 0.05) is 43.2 Å². The minimum atomic E-state index is -0.502. The van der Waals surface area contributed by atoms with Gasteiger partial charge in [0.15, 0.2) is 0 Å². The van der Waals surface area contributed by atoms with E-state index in [4.69, 9.17) is 0 Å². The van der Waals surface area contributed by atoms with Crippen molar-refractivity contribution in [2.45, 2.75) is 45.7 Å². The van der Waals surface area contributed by atoms with Gasteiger partial charge in [-0.15, -0.1) is 0 Å². The molecule has 1 heterocycles. The highest BCUT2D eigenvalue weighted by molar-refractivity contribution is 5.95. The molecule has 0 spiro atoms. The standard InChI is InChI=1S/C17H24N4O4/c1-4-16(22)20-8-7-13(10-20)19-14-6-5-12(9-15(14)21(24)25)17(23)18-11(2)3/h5-6,9,11,13,19H,4,7-8,10H2,1-3H3,(H,18,23). The van der Waals surface area contributed by atoms with Crippen molar-refractivity contribution in [3.63, 3.8) is 0 Å². The lowest BCUT2D eigenvalue weighted by Gasteiger charge is -2.17. The normalized spacial score (nSPS) is 16.8. The van der Waals surface area contributed by atoms with E-state index >= 15 is 0 Å². The number of carbonyl (C=O) groups excluding carboxylic acids is 2. The lowest BCUT2D eigenvalue weighted by Crippen LogP contribution is -2.31. The van der Waals surface area contributed by atoms with Gasteiger partial charge in [-0.2, -0.15) is 0 Å². The summed E-state index contributed by atoms with van der Waals surface area (Å²) < 4.78 is 0. The topological polar surface area (TPSA) is 105 Å². The van der Waals surface area contributed by atoms with Crippen LogP contribution in [0.2, 0.25) is 0 Å². The van der Waals surface area contributed by atoms with Crippen molar-refractivity contribution in [3.05, 3.63) is 33.9 Å². The Kier molecular flexibility index (Phi) is 5.95. The van der Waals surface area contributed by atoms with Crippen LogP contribution >= 0.6 is 0 Å². The number of nitro benzene ring substituents is 1. The second-order valence-corrected chi connectivity index (χ2v) is 6.44. The third kappa shape index (κ3) is 4.68. The predicted octanol–water partition coefficient (Wildman–Crippen LogP) is 2.16. The average Bonchev–Trinajstić information content (AvgIpc) is 3.02. The molecule has 0 radical (unpaired) electrons. The van der Waals surface area contributed by atoms with Crippen LogP contribution in [0.25, 0.3) is 0 Å². The summed E-state index contributed by atoms with van der Waals surface area (Å²) in [4.78, 5) is 36.4. The number of likely N-dealkylation sites (tertiary alicyclic amines) is 1.